The van der Waals surface area contributed by atoms with Gasteiger partial charge in [-0.05, 0) is 24.1 Å². The molecule has 0 amide bonds. The maximum Gasteiger partial charge on any atom is 0.416 e. The van der Waals surface area contributed by atoms with Crippen LogP contribution in [0.15, 0.2) is 41.4 Å². The molecule has 10 heteroatoms. The van der Waals surface area contributed by atoms with Crippen LogP contribution in [-0.2, 0) is 19.1 Å². The molecule has 0 bridgehead atoms. The number of aliphatic imine (C=N–C) groups is 1. The molecule has 0 aliphatic heterocycles. The summed E-state index contributed by atoms with van der Waals surface area (Å²) >= 11 is 0. The lowest BCUT2D eigenvalue weighted by Crippen LogP contribution is -2.38. The number of nitrogens with zero attached hydrogens (tertiary/aromatic N) is 1. The molecule has 31 heavy (non-hydrogen) atoms. The highest BCUT2D eigenvalue weighted by Crippen LogP contribution is 2.34. The largest absolute Gasteiger partial charge is 0.496 e. The Balaban J connectivity index is 0.00000480. The molecule has 0 atom stereocenters. The molecule has 0 saturated heterocycles. The first kappa shape index (κ1) is 26.7. The van der Waals surface area contributed by atoms with Crippen LogP contribution in [0.5, 0.6) is 17.2 Å². The summed E-state index contributed by atoms with van der Waals surface area (Å²) in [6.07, 6.45) is -3.78. The zero-order chi connectivity index (χ0) is 22.1. The maximum absolute atomic E-state index is 12.6. The van der Waals surface area contributed by atoms with Crippen molar-refractivity contribution in [2.24, 2.45) is 4.99 Å². The minimum atomic E-state index is -4.33. The van der Waals surface area contributed by atoms with Gasteiger partial charge in [0.25, 0.3) is 0 Å². The summed E-state index contributed by atoms with van der Waals surface area (Å²) in [6.45, 7) is 0.887. The van der Waals surface area contributed by atoms with Gasteiger partial charge in [-0.15, -0.1) is 24.0 Å². The molecule has 0 saturated carbocycles. The molecule has 0 fully saturated rings. The quantitative estimate of drug-likeness (QED) is 0.291. The van der Waals surface area contributed by atoms with E-state index in [0.29, 0.717) is 42.7 Å². The molecule has 0 aromatic heterocycles. The Hall–Kier alpha value is -2.37. The molecular weight excluding hydrogens is 526 g/mol. The van der Waals surface area contributed by atoms with Gasteiger partial charge in [0.15, 0.2) is 5.96 Å². The topological polar surface area (TPSA) is 64.1 Å². The number of benzene rings is 2. The van der Waals surface area contributed by atoms with Crippen molar-refractivity contribution in [1.29, 1.82) is 0 Å². The van der Waals surface area contributed by atoms with Gasteiger partial charge in [-0.2, -0.15) is 13.2 Å². The van der Waals surface area contributed by atoms with Crippen molar-refractivity contribution in [3.05, 3.63) is 53.1 Å². The second kappa shape index (κ2) is 12.5. The van der Waals surface area contributed by atoms with Gasteiger partial charge >= 0.3 is 6.18 Å². The van der Waals surface area contributed by atoms with E-state index in [1.807, 2.05) is 0 Å². The molecule has 2 aromatic rings. The predicted molar refractivity (Wildman–Crippen MR) is 125 cm³/mol. The zero-order valence-corrected chi connectivity index (χ0v) is 20.1. The van der Waals surface area contributed by atoms with E-state index < -0.39 is 11.7 Å². The van der Waals surface area contributed by atoms with E-state index in [4.69, 9.17) is 14.2 Å². The number of nitrogens with one attached hydrogen (secondary N) is 2. The number of alkyl halides is 3. The number of ether oxygens (including phenoxy) is 3. The summed E-state index contributed by atoms with van der Waals surface area (Å²) in [4.78, 5) is 4.16. The van der Waals surface area contributed by atoms with E-state index in [9.17, 15) is 13.2 Å². The Bertz CT molecular complexity index is 834. The van der Waals surface area contributed by atoms with Crippen LogP contribution in [0.25, 0.3) is 0 Å². The zero-order valence-electron chi connectivity index (χ0n) is 17.8. The molecule has 6 nitrogen and oxygen atoms in total. The molecule has 0 radical (unpaired) electrons. The summed E-state index contributed by atoms with van der Waals surface area (Å²) in [7, 11) is 6.33. The Kier molecular flexibility index (Phi) is 10.7. The van der Waals surface area contributed by atoms with Crippen LogP contribution < -0.4 is 24.8 Å². The van der Waals surface area contributed by atoms with Crippen molar-refractivity contribution in [2.45, 2.75) is 19.1 Å². The molecule has 2 N–H and O–H groups in total. The number of rotatable bonds is 8. The van der Waals surface area contributed by atoms with Gasteiger partial charge in [-0.1, -0.05) is 12.1 Å². The first-order valence-corrected chi connectivity index (χ1v) is 9.22. The van der Waals surface area contributed by atoms with Gasteiger partial charge in [0.2, 0.25) is 0 Å². The van der Waals surface area contributed by atoms with Gasteiger partial charge in [0.05, 0.1) is 39.0 Å². The summed E-state index contributed by atoms with van der Waals surface area (Å²) in [5, 5.41) is 6.32. The number of methoxy groups -OCH3 is 3. The lowest BCUT2D eigenvalue weighted by Gasteiger charge is -2.17. The van der Waals surface area contributed by atoms with Crippen LogP contribution in [0.3, 0.4) is 0 Å². The average molecular weight is 553 g/mol. The predicted octanol–water partition coefficient (Wildman–Crippen LogP) is 4.26. The molecule has 0 heterocycles. The van der Waals surface area contributed by atoms with Crippen molar-refractivity contribution in [2.75, 3.05) is 34.9 Å². The van der Waals surface area contributed by atoms with Crippen molar-refractivity contribution < 1.29 is 27.4 Å². The highest BCUT2D eigenvalue weighted by Gasteiger charge is 2.29. The van der Waals surface area contributed by atoms with Crippen molar-refractivity contribution in [1.82, 2.24) is 10.6 Å². The molecule has 172 valence electrons. The van der Waals surface area contributed by atoms with Crippen LogP contribution in [-0.4, -0.2) is 40.9 Å². The molecule has 0 aliphatic carbocycles. The van der Waals surface area contributed by atoms with Crippen molar-refractivity contribution >= 4 is 29.9 Å². The van der Waals surface area contributed by atoms with Crippen LogP contribution in [0.1, 0.15) is 16.7 Å². The Morgan fingerprint density at radius 2 is 1.52 bits per heavy atom. The number of hydrogen-bond donors (Lipinski definition) is 2. The molecular formula is C21H27F3IN3O3. The van der Waals surface area contributed by atoms with E-state index in [-0.39, 0.29) is 24.0 Å². The molecule has 2 rings (SSSR count). The highest BCUT2D eigenvalue weighted by molar-refractivity contribution is 14.0. The number of halogens is 4. The first-order chi connectivity index (χ1) is 14.3. The molecule has 0 unspecified atom stereocenters. The van der Waals surface area contributed by atoms with Gasteiger partial charge in [0.1, 0.15) is 17.2 Å². The fourth-order valence-corrected chi connectivity index (χ4v) is 2.83. The summed E-state index contributed by atoms with van der Waals surface area (Å²) < 4.78 is 54.0. The van der Waals surface area contributed by atoms with Crippen molar-refractivity contribution in [3.8, 4) is 17.2 Å². The maximum atomic E-state index is 12.6. The smallest absolute Gasteiger partial charge is 0.416 e. The van der Waals surface area contributed by atoms with E-state index in [0.717, 1.165) is 23.3 Å². The SMILES string of the molecule is CN=C(NCCc1ccc(C(F)(F)F)cc1)NCc1c(OC)cc(OC)cc1OC.I. The van der Waals surface area contributed by atoms with E-state index in [2.05, 4.69) is 15.6 Å². The summed E-state index contributed by atoms with van der Waals surface area (Å²) in [6, 6.07) is 8.66. The van der Waals surface area contributed by atoms with Gasteiger partial charge < -0.3 is 24.8 Å². The Morgan fingerprint density at radius 1 is 0.935 bits per heavy atom. The summed E-state index contributed by atoms with van der Waals surface area (Å²) in [5.74, 6) is 2.38. The minimum Gasteiger partial charge on any atom is -0.496 e. The Labute approximate surface area is 197 Å². The fourth-order valence-electron chi connectivity index (χ4n) is 2.83. The van der Waals surface area contributed by atoms with Crippen LogP contribution in [0.4, 0.5) is 13.2 Å². The van der Waals surface area contributed by atoms with E-state index >= 15 is 0 Å². The molecule has 0 aliphatic rings. The first-order valence-electron chi connectivity index (χ1n) is 9.22. The average Bonchev–Trinajstić information content (AvgIpc) is 2.75. The number of hydrogen-bond acceptors (Lipinski definition) is 4. The second-order valence-electron chi connectivity index (χ2n) is 6.31. The lowest BCUT2D eigenvalue weighted by atomic mass is 10.1. The highest BCUT2D eigenvalue weighted by atomic mass is 127. The van der Waals surface area contributed by atoms with Crippen molar-refractivity contribution in [3.63, 3.8) is 0 Å². The van der Waals surface area contributed by atoms with Crippen LogP contribution in [0.2, 0.25) is 0 Å². The number of guanidine groups is 1. The second-order valence-corrected chi connectivity index (χ2v) is 6.31. The third kappa shape index (κ3) is 7.67. The fraction of sp³-hybridized carbons (Fsp3) is 0.381. The third-order valence-corrected chi connectivity index (χ3v) is 4.46. The van der Waals surface area contributed by atoms with Gasteiger partial charge in [-0.3, -0.25) is 4.99 Å². The monoisotopic (exact) mass is 553 g/mol. The minimum absolute atomic E-state index is 0. The third-order valence-electron chi connectivity index (χ3n) is 4.46. The Morgan fingerprint density at radius 3 is 1.97 bits per heavy atom. The van der Waals surface area contributed by atoms with Gasteiger partial charge in [-0.25, -0.2) is 0 Å². The normalized spacial score (nSPS) is 11.4. The lowest BCUT2D eigenvalue weighted by molar-refractivity contribution is -0.137. The standard InChI is InChI=1S/C21H26F3N3O3.HI/c1-25-20(26-10-9-14-5-7-15(8-6-14)21(22,23)24)27-13-17-18(29-3)11-16(28-2)12-19(17)30-4;/h5-8,11-12H,9-10,13H2,1-4H3,(H2,25,26,27);1H. The van der Waals surface area contributed by atoms with Crippen LogP contribution in [0, 0.1) is 0 Å². The van der Waals surface area contributed by atoms with Gasteiger partial charge in [0, 0.05) is 25.7 Å². The molecule has 0 spiro atoms. The summed E-state index contributed by atoms with van der Waals surface area (Å²) in [5.41, 5.74) is 0.940. The van der Waals surface area contributed by atoms with E-state index in [1.165, 1.54) is 12.1 Å². The van der Waals surface area contributed by atoms with Crippen LogP contribution >= 0.6 is 24.0 Å². The molecule has 2 aromatic carbocycles. The van der Waals surface area contributed by atoms with E-state index in [1.54, 1.807) is 40.5 Å².